The van der Waals surface area contributed by atoms with Gasteiger partial charge in [-0.2, -0.15) is 5.10 Å². The molecule has 1 N–H and O–H groups in total. The highest BCUT2D eigenvalue weighted by molar-refractivity contribution is 5.93. The third-order valence-electron chi connectivity index (χ3n) is 6.74. The molecule has 2 fully saturated rings. The molecule has 1 saturated heterocycles. The van der Waals surface area contributed by atoms with Crippen LogP contribution in [0.4, 0.5) is 0 Å². The van der Waals surface area contributed by atoms with Gasteiger partial charge in [0.1, 0.15) is 0 Å². The summed E-state index contributed by atoms with van der Waals surface area (Å²) < 4.78 is 1.92. The van der Waals surface area contributed by atoms with Gasteiger partial charge in [0.2, 0.25) is 11.8 Å². The van der Waals surface area contributed by atoms with Crippen molar-refractivity contribution in [2.45, 2.75) is 45.2 Å². The maximum atomic E-state index is 13.0. The van der Waals surface area contributed by atoms with Crippen LogP contribution in [0.2, 0.25) is 0 Å². The van der Waals surface area contributed by atoms with Crippen molar-refractivity contribution in [1.29, 1.82) is 0 Å². The third-order valence-corrected chi connectivity index (χ3v) is 6.74. The van der Waals surface area contributed by atoms with E-state index in [0.29, 0.717) is 25.7 Å². The molecule has 2 heterocycles. The highest BCUT2D eigenvalue weighted by Gasteiger charge is 2.31. The lowest BCUT2D eigenvalue weighted by Crippen LogP contribution is -2.45. The molecule has 2 aliphatic rings. The molecule has 2 amide bonds. The van der Waals surface area contributed by atoms with E-state index in [1.165, 1.54) is 11.1 Å². The van der Waals surface area contributed by atoms with E-state index in [4.69, 9.17) is 5.10 Å². The highest BCUT2D eigenvalue weighted by Crippen LogP contribution is 2.25. The summed E-state index contributed by atoms with van der Waals surface area (Å²) in [5, 5.41) is 7.94. The smallest absolute Gasteiger partial charge is 0.246 e. The molecule has 1 aliphatic carbocycles. The van der Waals surface area contributed by atoms with Gasteiger partial charge >= 0.3 is 0 Å². The van der Waals surface area contributed by atoms with Crippen molar-refractivity contribution in [3.8, 4) is 11.3 Å². The number of rotatable bonds is 7. The first kappa shape index (κ1) is 23.1. The largest absolute Gasteiger partial charge is 0.353 e. The second-order valence-electron chi connectivity index (χ2n) is 9.72. The summed E-state index contributed by atoms with van der Waals surface area (Å²) in [6.07, 6.45) is 9.33. The quantitative estimate of drug-likeness (QED) is 0.522. The van der Waals surface area contributed by atoms with Crippen LogP contribution >= 0.6 is 0 Å². The first-order chi connectivity index (χ1) is 17.0. The van der Waals surface area contributed by atoms with E-state index in [9.17, 15) is 9.59 Å². The fourth-order valence-electron chi connectivity index (χ4n) is 4.55. The second kappa shape index (κ2) is 10.3. The van der Waals surface area contributed by atoms with Crippen LogP contribution in [-0.4, -0.2) is 45.6 Å². The van der Waals surface area contributed by atoms with Crippen LogP contribution in [0, 0.1) is 12.8 Å². The Hall–Kier alpha value is -3.67. The van der Waals surface area contributed by atoms with Gasteiger partial charge in [0.05, 0.1) is 18.2 Å². The van der Waals surface area contributed by atoms with Crippen LogP contribution < -0.4 is 5.32 Å². The maximum absolute atomic E-state index is 13.0. The summed E-state index contributed by atoms with van der Waals surface area (Å²) in [6, 6.07) is 18.8. The van der Waals surface area contributed by atoms with E-state index >= 15 is 0 Å². The van der Waals surface area contributed by atoms with E-state index in [-0.39, 0.29) is 17.7 Å². The number of nitrogens with one attached hydrogen (secondary N) is 1. The summed E-state index contributed by atoms with van der Waals surface area (Å²) in [5.74, 6) is -0.0733. The van der Waals surface area contributed by atoms with E-state index in [0.717, 1.165) is 42.5 Å². The molecule has 1 aromatic heterocycles. The molecular weight excluding hydrogens is 436 g/mol. The minimum atomic E-state index is -0.113. The molecular formula is C29H32N4O2. The third kappa shape index (κ3) is 5.88. The first-order valence-electron chi connectivity index (χ1n) is 12.5. The van der Waals surface area contributed by atoms with Crippen LogP contribution in [0.1, 0.15) is 42.4 Å². The zero-order valence-electron chi connectivity index (χ0n) is 20.2. The number of piperidine rings is 1. The van der Waals surface area contributed by atoms with Crippen molar-refractivity contribution >= 4 is 17.9 Å². The fourth-order valence-corrected chi connectivity index (χ4v) is 4.55. The maximum Gasteiger partial charge on any atom is 0.246 e. The number of benzene rings is 2. The van der Waals surface area contributed by atoms with E-state index < -0.39 is 0 Å². The molecule has 0 bridgehead atoms. The van der Waals surface area contributed by atoms with Gasteiger partial charge in [0.25, 0.3) is 0 Å². The lowest BCUT2D eigenvalue weighted by molar-refractivity contribution is -0.132. The van der Waals surface area contributed by atoms with Gasteiger partial charge in [-0.05, 0) is 44.2 Å². The van der Waals surface area contributed by atoms with E-state index in [2.05, 4.69) is 48.6 Å². The van der Waals surface area contributed by atoms with E-state index in [1.54, 1.807) is 11.0 Å². The van der Waals surface area contributed by atoms with Gasteiger partial charge in [0, 0.05) is 42.5 Å². The molecule has 6 nitrogen and oxygen atoms in total. The van der Waals surface area contributed by atoms with Gasteiger partial charge in [-0.25, -0.2) is 0 Å². The molecule has 1 unspecified atom stereocenters. The Bertz CT molecular complexity index is 1210. The Labute approximate surface area is 206 Å². The first-order valence-corrected chi connectivity index (χ1v) is 12.5. The monoisotopic (exact) mass is 468 g/mol. The van der Waals surface area contributed by atoms with Crippen molar-refractivity contribution in [1.82, 2.24) is 20.0 Å². The second-order valence-corrected chi connectivity index (χ2v) is 9.72. The molecule has 0 radical (unpaired) electrons. The molecule has 2 aromatic carbocycles. The van der Waals surface area contributed by atoms with Crippen LogP contribution in [0.15, 0.2) is 66.9 Å². The molecule has 1 saturated carbocycles. The van der Waals surface area contributed by atoms with Crippen LogP contribution in [-0.2, 0) is 16.1 Å². The Kier molecular flexibility index (Phi) is 6.80. The van der Waals surface area contributed by atoms with Crippen LogP contribution in [0.3, 0.4) is 0 Å². The topological polar surface area (TPSA) is 67.2 Å². The number of likely N-dealkylation sites (tertiary alicyclic amines) is 1. The van der Waals surface area contributed by atoms with Crippen molar-refractivity contribution in [3.63, 3.8) is 0 Å². The highest BCUT2D eigenvalue weighted by atomic mass is 16.2. The molecule has 0 spiro atoms. The van der Waals surface area contributed by atoms with E-state index in [1.807, 2.05) is 35.2 Å². The number of aromatic nitrogens is 2. The summed E-state index contributed by atoms with van der Waals surface area (Å²) in [5.41, 5.74) is 5.13. The van der Waals surface area contributed by atoms with Crippen molar-refractivity contribution in [3.05, 3.63) is 83.6 Å². The predicted molar refractivity (Wildman–Crippen MR) is 137 cm³/mol. The Morgan fingerprint density at radius 3 is 2.57 bits per heavy atom. The number of nitrogens with zero attached hydrogens (tertiary/aromatic N) is 3. The zero-order chi connectivity index (χ0) is 24.2. The predicted octanol–water partition coefficient (Wildman–Crippen LogP) is 4.44. The van der Waals surface area contributed by atoms with Gasteiger partial charge in [-0.1, -0.05) is 60.2 Å². The summed E-state index contributed by atoms with van der Waals surface area (Å²) in [6.45, 7) is 3.90. The van der Waals surface area contributed by atoms with Gasteiger partial charge < -0.3 is 10.2 Å². The Balaban J connectivity index is 1.33. The average molecular weight is 469 g/mol. The number of carbonyl (C=O) groups excluding carboxylic acids is 2. The minimum Gasteiger partial charge on any atom is -0.353 e. The van der Waals surface area contributed by atoms with Crippen LogP contribution in [0.5, 0.6) is 0 Å². The number of aryl methyl sites for hydroxylation is 1. The molecule has 35 heavy (non-hydrogen) atoms. The van der Waals surface area contributed by atoms with Gasteiger partial charge in [0.15, 0.2) is 0 Å². The van der Waals surface area contributed by atoms with Gasteiger partial charge in [-0.3, -0.25) is 14.3 Å². The summed E-state index contributed by atoms with van der Waals surface area (Å²) >= 11 is 0. The molecule has 6 heteroatoms. The van der Waals surface area contributed by atoms with Crippen molar-refractivity contribution in [2.24, 2.45) is 5.92 Å². The average Bonchev–Trinajstić information content (AvgIpc) is 3.61. The van der Waals surface area contributed by atoms with Crippen molar-refractivity contribution < 1.29 is 9.59 Å². The summed E-state index contributed by atoms with van der Waals surface area (Å²) in [7, 11) is 0. The van der Waals surface area contributed by atoms with Crippen molar-refractivity contribution in [2.75, 3.05) is 13.1 Å². The summed E-state index contributed by atoms with van der Waals surface area (Å²) in [4.78, 5) is 27.3. The Morgan fingerprint density at radius 2 is 1.83 bits per heavy atom. The molecule has 1 atom stereocenters. The lowest BCUT2D eigenvalue weighted by atomic mass is 9.97. The number of amides is 2. The zero-order valence-corrected chi connectivity index (χ0v) is 20.2. The fraction of sp³-hybridized carbons (Fsp3) is 0.345. The minimum absolute atomic E-state index is 0.0559. The molecule has 3 aromatic rings. The standard InChI is InChI=1S/C29H32N4O2/c1-21-9-11-23(12-10-21)28-24(20-33(31-28)18-22-6-3-2-4-7-22)13-16-27(34)32-17-5-8-25(19-32)29(35)30-26-14-15-26/h2-4,6-7,9-13,16,20,25-26H,5,8,14-15,17-19H2,1H3,(H,30,35)/b16-13+. The Morgan fingerprint density at radius 1 is 1.06 bits per heavy atom. The van der Waals surface area contributed by atoms with Crippen LogP contribution in [0.25, 0.3) is 17.3 Å². The number of hydrogen-bond acceptors (Lipinski definition) is 3. The number of hydrogen-bond donors (Lipinski definition) is 1. The molecule has 5 rings (SSSR count). The molecule has 1 aliphatic heterocycles. The SMILES string of the molecule is Cc1ccc(-c2nn(Cc3ccccc3)cc2/C=C/C(=O)N2CCCC(C(=O)NC3CC3)C2)cc1. The normalized spacial score (nSPS) is 18.1. The lowest BCUT2D eigenvalue weighted by Gasteiger charge is -2.31. The molecule has 180 valence electrons. The number of carbonyl (C=O) groups is 2. The van der Waals surface area contributed by atoms with Gasteiger partial charge in [-0.15, -0.1) is 0 Å².